The normalized spacial score (nSPS) is 19.4. The van der Waals surface area contributed by atoms with E-state index < -0.39 is 10.8 Å². The Hall–Kier alpha value is -1.58. The van der Waals surface area contributed by atoms with Gasteiger partial charge in [0.15, 0.2) is 17.0 Å². The smallest absolute Gasteiger partial charge is 0.165 e. The van der Waals surface area contributed by atoms with Crippen LogP contribution in [0, 0.1) is 5.41 Å². The fourth-order valence-corrected chi connectivity index (χ4v) is 4.34. The molecule has 3 heterocycles. The third-order valence-corrected chi connectivity index (χ3v) is 6.20. The van der Waals surface area contributed by atoms with Crippen molar-refractivity contribution in [3.63, 3.8) is 0 Å². The van der Waals surface area contributed by atoms with Crippen LogP contribution in [0.25, 0.3) is 11.2 Å². The quantitative estimate of drug-likeness (QED) is 0.759. The third kappa shape index (κ3) is 3.89. The van der Waals surface area contributed by atoms with Crippen LogP contribution in [0.3, 0.4) is 0 Å². The Kier molecular flexibility index (Phi) is 5.89. The van der Waals surface area contributed by atoms with E-state index >= 15 is 0 Å². The molecule has 1 fully saturated rings. The van der Waals surface area contributed by atoms with E-state index in [1.165, 1.54) is 6.33 Å². The summed E-state index contributed by atoms with van der Waals surface area (Å²) >= 11 is 0. The lowest BCUT2D eigenvalue weighted by molar-refractivity contribution is -0.0248. The molecule has 3 rings (SSSR count). The molecule has 0 aliphatic carbocycles. The summed E-state index contributed by atoms with van der Waals surface area (Å²) in [5, 5.41) is 9.95. The molecule has 2 unspecified atom stereocenters. The van der Waals surface area contributed by atoms with E-state index in [0.29, 0.717) is 25.5 Å². The highest BCUT2D eigenvalue weighted by Gasteiger charge is 2.33. The summed E-state index contributed by atoms with van der Waals surface area (Å²) in [4.78, 5) is 15.4. The second-order valence-corrected chi connectivity index (χ2v) is 8.69. The first-order chi connectivity index (χ1) is 12.5. The van der Waals surface area contributed by atoms with Gasteiger partial charge in [0, 0.05) is 61.1 Å². The molecule has 1 aliphatic rings. The number of nitrogens with zero attached hydrogens (tertiary/aromatic N) is 5. The zero-order valence-electron chi connectivity index (χ0n) is 15.6. The fraction of sp³-hybridized carbons (Fsp3) is 0.706. The van der Waals surface area contributed by atoms with Crippen LogP contribution in [0.2, 0.25) is 0 Å². The number of imidazole rings is 1. The van der Waals surface area contributed by atoms with Crippen LogP contribution >= 0.6 is 0 Å². The van der Waals surface area contributed by atoms with Crippen LogP contribution in [-0.2, 0) is 22.1 Å². The Labute approximate surface area is 156 Å². The zero-order chi connectivity index (χ0) is 18.7. The Morgan fingerprint density at radius 2 is 2.12 bits per heavy atom. The van der Waals surface area contributed by atoms with Gasteiger partial charge in [-0.15, -0.1) is 0 Å². The van der Waals surface area contributed by atoms with Crippen LogP contribution in [0.4, 0.5) is 5.82 Å². The number of aromatic nitrogens is 4. The van der Waals surface area contributed by atoms with Gasteiger partial charge in [-0.25, -0.2) is 15.0 Å². The van der Waals surface area contributed by atoms with Crippen LogP contribution in [0.5, 0.6) is 0 Å². The molecule has 0 amide bonds. The number of rotatable bonds is 7. The Morgan fingerprint density at radius 1 is 1.38 bits per heavy atom. The second kappa shape index (κ2) is 7.98. The van der Waals surface area contributed by atoms with Gasteiger partial charge in [0.1, 0.15) is 6.33 Å². The van der Waals surface area contributed by atoms with Crippen molar-refractivity contribution in [2.45, 2.75) is 32.4 Å². The maximum atomic E-state index is 11.5. The van der Waals surface area contributed by atoms with Crippen molar-refractivity contribution in [2.75, 3.05) is 43.8 Å². The lowest BCUT2D eigenvalue weighted by Gasteiger charge is -2.35. The van der Waals surface area contributed by atoms with Gasteiger partial charge >= 0.3 is 0 Å². The molecule has 2 aromatic heterocycles. The molecule has 2 aromatic rings. The number of anilines is 1. The predicted molar refractivity (Wildman–Crippen MR) is 102 cm³/mol. The molecule has 9 heteroatoms. The summed E-state index contributed by atoms with van der Waals surface area (Å²) in [5.74, 6) is 1.30. The van der Waals surface area contributed by atoms with Crippen LogP contribution in [0.1, 0.15) is 19.8 Å². The molecule has 0 bridgehead atoms. The molecule has 0 aromatic carbocycles. The van der Waals surface area contributed by atoms with Crippen molar-refractivity contribution >= 4 is 27.8 Å². The average Bonchev–Trinajstić information content (AvgIpc) is 3.04. The number of hydrogen-bond acceptors (Lipinski definition) is 7. The van der Waals surface area contributed by atoms with Crippen molar-refractivity contribution < 1.29 is 14.1 Å². The van der Waals surface area contributed by atoms with Gasteiger partial charge in [-0.05, 0) is 19.8 Å². The fourth-order valence-electron chi connectivity index (χ4n) is 3.43. The van der Waals surface area contributed by atoms with E-state index in [-0.39, 0.29) is 18.1 Å². The highest BCUT2D eigenvalue weighted by Crippen LogP contribution is 2.33. The van der Waals surface area contributed by atoms with Gasteiger partial charge in [-0.1, -0.05) is 0 Å². The monoisotopic (exact) mass is 381 g/mol. The largest absolute Gasteiger partial charge is 0.396 e. The van der Waals surface area contributed by atoms with Gasteiger partial charge in [0.05, 0.1) is 12.9 Å². The number of aliphatic hydroxyl groups excluding tert-OH is 1. The summed E-state index contributed by atoms with van der Waals surface area (Å²) in [6.07, 6.45) is 6.65. The molecule has 8 nitrogen and oxygen atoms in total. The van der Waals surface area contributed by atoms with Gasteiger partial charge in [0.25, 0.3) is 0 Å². The molecule has 0 saturated carbocycles. The molecule has 0 spiro atoms. The van der Waals surface area contributed by atoms with Crippen LogP contribution in [0.15, 0.2) is 12.7 Å². The van der Waals surface area contributed by atoms with Crippen molar-refractivity contribution in [3.8, 4) is 0 Å². The van der Waals surface area contributed by atoms with Gasteiger partial charge in [-0.2, -0.15) is 0 Å². The van der Waals surface area contributed by atoms with Crippen molar-refractivity contribution in [1.82, 2.24) is 19.5 Å². The molecule has 1 aliphatic heterocycles. The number of ether oxygens (including phenoxy) is 1. The third-order valence-electron chi connectivity index (χ3n) is 5.25. The highest BCUT2D eigenvalue weighted by atomic mass is 32.2. The van der Waals surface area contributed by atoms with Crippen molar-refractivity contribution in [2.24, 2.45) is 5.41 Å². The molecule has 1 saturated heterocycles. The standard InChI is InChI=1S/C17H27N5O3S/c1-13(8-26(3)24)21(2)15-14-16(19-11-18-15)22(12-20-14)9-17(10-23)4-6-25-7-5-17/h11-13,23H,4-10H2,1-3H3. The van der Waals surface area contributed by atoms with Gasteiger partial charge < -0.3 is 19.3 Å². The van der Waals surface area contributed by atoms with E-state index in [1.807, 2.05) is 23.4 Å². The van der Waals surface area contributed by atoms with Crippen molar-refractivity contribution in [3.05, 3.63) is 12.7 Å². The second-order valence-electron chi connectivity index (χ2n) is 7.21. The molecule has 26 heavy (non-hydrogen) atoms. The summed E-state index contributed by atoms with van der Waals surface area (Å²) < 4.78 is 19.0. The minimum atomic E-state index is -0.881. The molecular formula is C17H27N5O3S. The van der Waals surface area contributed by atoms with Gasteiger partial charge in [0.2, 0.25) is 0 Å². The van der Waals surface area contributed by atoms with Gasteiger partial charge in [-0.3, -0.25) is 4.21 Å². The minimum Gasteiger partial charge on any atom is -0.396 e. The molecule has 0 radical (unpaired) electrons. The topological polar surface area (TPSA) is 93.4 Å². The van der Waals surface area contributed by atoms with E-state index in [4.69, 9.17) is 4.74 Å². The van der Waals surface area contributed by atoms with Crippen LogP contribution < -0.4 is 4.90 Å². The minimum absolute atomic E-state index is 0.0726. The number of hydrogen-bond donors (Lipinski definition) is 1. The molecule has 144 valence electrons. The highest BCUT2D eigenvalue weighted by molar-refractivity contribution is 7.84. The SMILES string of the molecule is CC(CS(C)=O)N(C)c1ncnc2c1ncn2CC1(CO)CCOCC1. The Bertz CT molecular complexity index is 775. The van der Waals surface area contributed by atoms with E-state index in [0.717, 1.165) is 29.8 Å². The first kappa shape index (κ1) is 19.2. The lowest BCUT2D eigenvalue weighted by atomic mass is 9.81. The molecule has 1 N–H and O–H groups in total. The van der Waals surface area contributed by atoms with Crippen LogP contribution in [-0.4, -0.2) is 73.8 Å². The summed E-state index contributed by atoms with van der Waals surface area (Å²) in [6, 6.07) is 0.0726. The number of fused-ring (bicyclic) bond motifs is 1. The summed E-state index contributed by atoms with van der Waals surface area (Å²) in [6.45, 7) is 4.13. The maximum absolute atomic E-state index is 11.5. The molecular weight excluding hydrogens is 354 g/mol. The zero-order valence-corrected chi connectivity index (χ0v) is 16.4. The number of aliphatic hydroxyl groups is 1. The average molecular weight is 382 g/mol. The molecule has 2 atom stereocenters. The van der Waals surface area contributed by atoms with E-state index in [2.05, 4.69) is 15.0 Å². The Balaban J connectivity index is 1.90. The van der Waals surface area contributed by atoms with E-state index in [1.54, 1.807) is 12.6 Å². The first-order valence-electron chi connectivity index (χ1n) is 8.83. The van der Waals surface area contributed by atoms with E-state index in [9.17, 15) is 9.32 Å². The predicted octanol–water partition coefficient (Wildman–Crippen LogP) is 0.819. The first-order valence-corrected chi connectivity index (χ1v) is 10.6. The maximum Gasteiger partial charge on any atom is 0.165 e. The van der Waals surface area contributed by atoms with Crippen molar-refractivity contribution in [1.29, 1.82) is 0 Å². The summed E-state index contributed by atoms with van der Waals surface area (Å²) in [5.41, 5.74) is 1.28. The Morgan fingerprint density at radius 3 is 2.77 bits per heavy atom. The summed E-state index contributed by atoms with van der Waals surface area (Å²) in [7, 11) is 1.06. The lowest BCUT2D eigenvalue weighted by Crippen LogP contribution is -2.37.